The van der Waals surface area contributed by atoms with Gasteiger partial charge in [0.25, 0.3) is 11.5 Å². The summed E-state index contributed by atoms with van der Waals surface area (Å²) in [4.78, 5) is 33.0. The summed E-state index contributed by atoms with van der Waals surface area (Å²) in [6, 6.07) is 22.0. The van der Waals surface area contributed by atoms with Gasteiger partial charge < -0.3 is 4.74 Å². The van der Waals surface area contributed by atoms with E-state index in [1.54, 1.807) is 53.6 Å². The predicted molar refractivity (Wildman–Crippen MR) is 143 cm³/mol. The molecule has 1 fully saturated rings. The largest absolute Gasteiger partial charge is 0.437 e. The van der Waals surface area contributed by atoms with Crippen molar-refractivity contribution in [2.75, 3.05) is 6.54 Å². The zero-order valence-electron chi connectivity index (χ0n) is 18.3. The Morgan fingerprint density at radius 2 is 1.74 bits per heavy atom. The first-order chi connectivity index (χ1) is 17.0. The van der Waals surface area contributed by atoms with Gasteiger partial charge in [0.2, 0.25) is 5.88 Å². The van der Waals surface area contributed by atoms with Crippen LogP contribution in [0.25, 0.3) is 11.7 Å². The molecule has 1 aliphatic heterocycles. The highest BCUT2D eigenvalue weighted by molar-refractivity contribution is 8.26. The highest BCUT2D eigenvalue weighted by atomic mass is 35.5. The normalized spacial score (nSPS) is 14.8. The van der Waals surface area contributed by atoms with Gasteiger partial charge in [-0.15, -0.1) is 0 Å². The van der Waals surface area contributed by atoms with Gasteiger partial charge in [0, 0.05) is 12.7 Å². The van der Waals surface area contributed by atoms with Crippen LogP contribution in [0.2, 0.25) is 5.02 Å². The minimum absolute atomic E-state index is 0.0591. The fourth-order valence-electron chi connectivity index (χ4n) is 3.62. The zero-order valence-corrected chi connectivity index (χ0v) is 20.6. The number of hydrogen-bond acceptors (Lipinski definition) is 6. The number of thiocarbonyl (C=S) groups is 1. The predicted octanol–water partition coefficient (Wildman–Crippen LogP) is 5.58. The van der Waals surface area contributed by atoms with E-state index in [1.807, 2.05) is 30.3 Å². The molecule has 174 valence electrons. The Bertz CT molecular complexity index is 1540. The van der Waals surface area contributed by atoms with Crippen LogP contribution in [0.1, 0.15) is 11.1 Å². The van der Waals surface area contributed by atoms with Gasteiger partial charge in [-0.2, -0.15) is 4.98 Å². The standard InChI is InChI=1S/C26H18ClN3O3S2/c27-19-10-4-5-11-20(19)33-23-18(24(31)29-14-7-6-12-22(29)28-23)16-21-25(32)30(26(34)35-21)15-13-17-8-2-1-3-9-17/h1-12,14,16H,13,15H2/b21-16+. The molecule has 5 rings (SSSR count). The van der Waals surface area contributed by atoms with Crippen molar-refractivity contribution >= 4 is 57.5 Å². The number of rotatable bonds is 6. The number of carbonyl (C=O) groups excluding carboxylic acids is 1. The molecule has 0 spiro atoms. The average molecular weight is 520 g/mol. The van der Waals surface area contributed by atoms with E-state index in [2.05, 4.69) is 4.98 Å². The van der Waals surface area contributed by atoms with Crippen LogP contribution in [0.3, 0.4) is 0 Å². The van der Waals surface area contributed by atoms with Crippen molar-refractivity contribution in [2.45, 2.75) is 6.42 Å². The van der Waals surface area contributed by atoms with Crippen molar-refractivity contribution in [2.24, 2.45) is 0 Å². The van der Waals surface area contributed by atoms with Crippen LogP contribution in [0.4, 0.5) is 0 Å². The smallest absolute Gasteiger partial charge is 0.269 e. The lowest BCUT2D eigenvalue weighted by Crippen LogP contribution is -2.30. The number of halogens is 1. The minimum Gasteiger partial charge on any atom is -0.437 e. The van der Waals surface area contributed by atoms with Gasteiger partial charge in [-0.1, -0.05) is 84.1 Å². The SMILES string of the molecule is O=C1/C(=C\c2c(Oc3ccccc3Cl)nc3ccccn3c2=O)SC(=S)N1CCc1ccccc1. The average Bonchev–Trinajstić information content (AvgIpc) is 3.14. The molecule has 4 aromatic rings. The summed E-state index contributed by atoms with van der Waals surface area (Å²) < 4.78 is 7.81. The van der Waals surface area contributed by atoms with Gasteiger partial charge in [-0.3, -0.25) is 18.9 Å². The van der Waals surface area contributed by atoms with E-state index >= 15 is 0 Å². The molecular weight excluding hydrogens is 502 g/mol. The van der Waals surface area contributed by atoms with Crippen LogP contribution in [-0.4, -0.2) is 31.1 Å². The Morgan fingerprint density at radius 1 is 1.00 bits per heavy atom. The second-order valence-electron chi connectivity index (χ2n) is 7.67. The lowest BCUT2D eigenvalue weighted by atomic mass is 10.1. The highest BCUT2D eigenvalue weighted by Crippen LogP contribution is 2.35. The van der Waals surface area contributed by atoms with Crippen LogP contribution < -0.4 is 10.3 Å². The Morgan fingerprint density at radius 3 is 2.54 bits per heavy atom. The molecule has 2 aromatic carbocycles. The lowest BCUT2D eigenvalue weighted by molar-refractivity contribution is -0.122. The summed E-state index contributed by atoms with van der Waals surface area (Å²) in [5.41, 5.74) is 1.29. The molecule has 0 aliphatic carbocycles. The molecule has 2 aromatic heterocycles. The second-order valence-corrected chi connectivity index (χ2v) is 9.75. The van der Waals surface area contributed by atoms with E-state index in [4.69, 9.17) is 28.6 Å². The summed E-state index contributed by atoms with van der Waals surface area (Å²) >= 11 is 12.9. The molecule has 6 nitrogen and oxygen atoms in total. The van der Waals surface area contributed by atoms with Crippen molar-refractivity contribution in [1.82, 2.24) is 14.3 Å². The summed E-state index contributed by atoms with van der Waals surface area (Å²) in [5, 5.41) is 0.376. The Balaban J connectivity index is 1.52. The third-order valence-corrected chi connectivity index (χ3v) is 7.08. The lowest BCUT2D eigenvalue weighted by Gasteiger charge is -2.14. The molecule has 1 aliphatic rings. The second kappa shape index (κ2) is 10.0. The van der Waals surface area contributed by atoms with Gasteiger partial charge in [0.05, 0.1) is 9.93 Å². The van der Waals surface area contributed by atoms with Crippen LogP contribution in [0, 0.1) is 0 Å². The molecule has 0 bridgehead atoms. The number of aromatic nitrogens is 2. The van der Waals surface area contributed by atoms with Crippen LogP contribution in [0.15, 0.2) is 88.7 Å². The van der Waals surface area contributed by atoms with Crippen LogP contribution >= 0.6 is 35.6 Å². The number of nitrogens with zero attached hydrogens (tertiary/aromatic N) is 3. The molecule has 0 N–H and O–H groups in total. The number of para-hydroxylation sites is 1. The van der Waals surface area contributed by atoms with Crippen molar-refractivity contribution in [3.8, 4) is 11.6 Å². The maximum absolute atomic E-state index is 13.4. The van der Waals surface area contributed by atoms with Crippen molar-refractivity contribution in [3.63, 3.8) is 0 Å². The van der Waals surface area contributed by atoms with Crippen molar-refractivity contribution < 1.29 is 9.53 Å². The maximum atomic E-state index is 13.4. The molecule has 35 heavy (non-hydrogen) atoms. The third-order valence-electron chi connectivity index (χ3n) is 5.39. The number of carbonyl (C=O) groups is 1. The van der Waals surface area contributed by atoms with Gasteiger partial charge in [0.1, 0.15) is 21.3 Å². The van der Waals surface area contributed by atoms with Gasteiger partial charge in [-0.05, 0) is 42.3 Å². The monoisotopic (exact) mass is 519 g/mol. The van der Waals surface area contributed by atoms with Gasteiger partial charge in [0.15, 0.2) is 0 Å². The maximum Gasteiger partial charge on any atom is 0.269 e. The van der Waals surface area contributed by atoms with Gasteiger partial charge in [-0.25, -0.2) is 0 Å². The first kappa shape index (κ1) is 23.3. The van der Waals surface area contributed by atoms with E-state index in [0.717, 1.165) is 17.3 Å². The van der Waals surface area contributed by atoms with Gasteiger partial charge >= 0.3 is 0 Å². The van der Waals surface area contributed by atoms with Crippen LogP contribution in [0.5, 0.6) is 11.6 Å². The van der Waals surface area contributed by atoms with E-state index < -0.39 is 0 Å². The summed E-state index contributed by atoms with van der Waals surface area (Å²) in [6.07, 6.45) is 3.79. The molecule has 9 heteroatoms. The highest BCUT2D eigenvalue weighted by Gasteiger charge is 2.32. The number of thioether (sulfide) groups is 1. The molecule has 0 unspecified atom stereocenters. The molecule has 0 atom stereocenters. The number of amides is 1. The van der Waals surface area contributed by atoms with E-state index in [9.17, 15) is 9.59 Å². The fourth-order valence-corrected chi connectivity index (χ4v) is 5.09. The summed E-state index contributed by atoms with van der Waals surface area (Å²) in [6.45, 7) is 0.448. The third kappa shape index (κ3) is 4.86. The molecule has 1 saturated heterocycles. The molecule has 3 heterocycles. The minimum atomic E-state index is -0.368. The topological polar surface area (TPSA) is 63.9 Å². The van der Waals surface area contributed by atoms with E-state index in [1.165, 1.54) is 10.5 Å². The number of fused-ring (bicyclic) bond motifs is 1. The zero-order chi connectivity index (χ0) is 24.4. The Kier molecular flexibility index (Phi) is 6.68. The number of benzene rings is 2. The van der Waals surface area contributed by atoms with Crippen molar-refractivity contribution in [1.29, 1.82) is 0 Å². The van der Waals surface area contributed by atoms with E-state index in [-0.39, 0.29) is 22.9 Å². The first-order valence-electron chi connectivity index (χ1n) is 10.7. The Hall–Kier alpha value is -3.46. The molecule has 0 radical (unpaired) electrons. The Labute approximate surface area is 215 Å². The number of ether oxygens (including phenoxy) is 1. The quantitative estimate of drug-likeness (QED) is 0.244. The van der Waals surface area contributed by atoms with Crippen molar-refractivity contribution in [3.05, 3.63) is 110 Å². The molecule has 0 saturated carbocycles. The first-order valence-corrected chi connectivity index (χ1v) is 12.3. The van der Waals surface area contributed by atoms with E-state index in [0.29, 0.717) is 38.6 Å². The molecular formula is C26H18ClN3O3S2. The molecule has 1 amide bonds. The van der Waals surface area contributed by atoms with Crippen LogP contribution in [-0.2, 0) is 11.2 Å². The fraction of sp³-hybridized carbons (Fsp3) is 0.0769. The number of hydrogen-bond donors (Lipinski definition) is 0. The summed E-state index contributed by atoms with van der Waals surface area (Å²) in [5.74, 6) is 0.160. The number of pyridine rings is 1. The summed E-state index contributed by atoms with van der Waals surface area (Å²) in [7, 11) is 0.